The lowest BCUT2D eigenvalue weighted by molar-refractivity contribution is -0.146. The van der Waals surface area contributed by atoms with Gasteiger partial charge < -0.3 is 20.3 Å². The van der Waals surface area contributed by atoms with Crippen molar-refractivity contribution in [1.82, 2.24) is 5.16 Å². The molecule has 30 heavy (non-hydrogen) atoms. The second kappa shape index (κ2) is 9.62. The first-order valence-electron chi connectivity index (χ1n) is 9.53. The van der Waals surface area contributed by atoms with Crippen LogP contribution in [0.5, 0.6) is 0 Å². The number of benzene rings is 1. The molecule has 0 fully saturated rings. The number of allylic oxidation sites excluding steroid dienone is 2. The molecule has 1 aromatic carbocycles. The summed E-state index contributed by atoms with van der Waals surface area (Å²) in [5.41, 5.74) is 0.582. The number of hydrogen-bond donors (Lipinski definition) is 3. The molecule has 1 aliphatic carbocycles. The van der Waals surface area contributed by atoms with E-state index in [4.69, 9.17) is 4.52 Å². The zero-order chi connectivity index (χ0) is 21.7. The highest BCUT2D eigenvalue weighted by atomic mass is 32.2. The van der Waals surface area contributed by atoms with Crippen LogP contribution >= 0.6 is 11.8 Å². The van der Waals surface area contributed by atoms with Crippen LogP contribution in [0.3, 0.4) is 0 Å². The number of hydrogen-bond acceptors (Lipinski definition) is 6. The van der Waals surface area contributed by atoms with E-state index >= 15 is 0 Å². The van der Waals surface area contributed by atoms with E-state index in [-0.39, 0.29) is 17.1 Å². The second-order valence-electron chi connectivity index (χ2n) is 7.08. The summed E-state index contributed by atoms with van der Waals surface area (Å²) < 4.78 is 4.93. The number of nitrogens with one attached hydrogen (secondary N) is 2. The fourth-order valence-corrected chi connectivity index (χ4v) is 4.01. The van der Waals surface area contributed by atoms with Crippen LogP contribution in [-0.4, -0.2) is 33.3 Å². The van der Waals surface area contributed by atoms with Gasteiger partial charge in [0.2, 0.25) is 11.8 Å². The van der Waals surface area contributed by atoms with Gasteiger partial charge in [0.1, 0.15) is 5.76 Å². The van der Waals surface area contributed by atoms with Gasteiger partial charge in [-0.1, -0.05) is 17.3 Å². The predicted molar refractivity (Wildman–Crippen MR) is 113 cm³/mol. The van der Waals surface area contributed by atoms with Crippen molar-refractivity contribution in [3.63, 3.8) is 0 Å². The van der Waals surface area contributed by atoms with Crippen molar-refractivity contribution in [1.29, 1.82) is 0 Å². The van der Waals surface area contributed by atoms with Crippen molar-refractivity contribution in [3.05, 3.63) is 48.2 Å². The van der Waals surface area contributed by atoms with Gasteiger partial charge in [0.05, 0.1) is 17.1 Å². The number of carboxylic acids is 1. The molecular formula is C21H23N3O5S. The number of nitrogens with zero attached hydrogens (tertiary/aromatic N) is 1. The van der Waals surface area contributed by atoms with Gasteiger partial charge in [-0.05, 0) is 51.0 Å². The zero-order valence-electron chi connectivity index (χ0n) is 16.6. The molecule has 2 amide bonds. The number of amides is 2. The Morgan fingerprint density at radius 2 is 1.80 bits per heavy atom. The predicted octanol–water partition coefficient (Wildman–Crippen LogP) is 3.71. The van der Waals surface area contributed by atoms with Crippen LogP contribution in [0.1, 0.15) is 25.5 Å². The third-order valence-corrected chi connectivity index (χ3v) is 5.88. The number of rotatable bonds is 7. The second-order valence-corrected chi connectivity index (χ2v) is 8.49. The van der Waals surface area contributed by atoms with Crippen molar-refractivity contribution in [2.75, 3.05) is 10.6 Å². The minimum Gasteiger partial charge on any atom is -0.481 e. The third-order valence-electron chi connectivity index (χ3n) is 4.77. The van der Waals surface area contributed by atoms with E-state index in [1.54, 1.807) is 50.3 Å². The topological polar surface area (TPSA) is 122 Å². The average Bonchev–Trinajstić information content (AvgIpc) is 3.13. The fraction of sp³-hybridized carbons (Fsp3) is 0.333. The largest absolute Gasteiger partial charge is 0.481 e. The van der Waals surface area contributed by atoms with Crippen LogP contribution in [0.2, 0.25) is 0 Å². The molecule has 0 bridgehead atoms. The Hall–Kier alpha value is -3.07. The Labute approximate surface area is 178 Å². The number of carboxylic acid groups (broad SMARTS) is 1. The molecule has 9 heteroatoms. The van der Waals surface area contributed by atoms with Gasteiger partial charge in [0.25, 0.3) is 0 Å². The molecule has 0 aliphatic heterocycles. The van der Waals surface area contributed by atoms with Gasteiger partial charge in [0, 0.05) is 16.6 Å². The molecule has 1 aliphatic rings. The average molecular weight is 429 g/mol. The van der Waals surface area contributed by atoms with Crippen molar-refractivity contribution < 1.29 is 24.0 Å². The SMILES string of the molecule is Cc1cc(NC(=O)C(C)Sc2ccc(NC(=O)C3CC=CCC3C(=O)O)cc2)no1. The highest BCUT2D eigenvalue weighted by molar-refractivity contribution is 8.00. The summed E-state index contributed by atoms with van der Waals surface area (Å²) in [4.78, 5) is 37.0. The van der Waals surface area contributed by atoms with Gasteiger partial charge in [-0.15, -0.1) is 11.8 Å². The Bertz CT molecular complexity index is 954. The molecule has 158 valence electrons. The molecule has 0 radical (unpaired) electrons. The van der Waals surface area contributed by atoms with E-state index in [0.29, 0.717) is 30.1 Å². The van der Waals surface area contributed by atoms with Crippen molar-refractivity contribution >= 4 is 41.1 Å². The Kier molecular flexibility index (Phi) is 6.94. The molecule has 2 aromatic rings. The highest BCUT2D eigenvalue weighted by Gasteiger charge is 2.33. The molecule has 0 spiro atoms. The van der Waals surface area contributed by atoms with E-state index in [9.17, 15) is 19.5 Å². The van der Waals surface area contributed by atoms with Crippen LogP contribution in [0, 0.1) is 18.8 Å². The first-order chi connectivity index (χ1) is 14.3. The molecule has 0 saturated carbocycles. The number of aliphatic carboxylic acids is 1. The summed E-state index contributed by atoms with van der Waals surface area (Å²) >= 11 is 1.37. The van der Waals surface area contributed by atoms with Gasteiger partial charge in [-0.25, -0.2) is 0 Å². The van der Waals surface area contributed by atoms with Crippen LogP contribution < -0.4 is 10.6 Å². The lowest BCUT2D eigenvalue weighted by Gasteiger charge is -2.24. The highest BCUT2D eigenvalue weighted by Crippen LogP contribution is 2.29. The summed E-state index contributed by atoms with van der Waals surface area (Å²) in [6.45, 7) is 3.53. The maximum atomic E-state index is 12.5. The Morgan fingerprint density at radius 3 is 2.40 bits per heavy atom. The first-order valence-corrected chi connectivity index (χ1v) is 10.4. The molecule has 3 atom stereocenters. The molecule has 8 nitrogen and oxygen atoms in total. The normalized spacial score (nSPS) is 19.1. The third kappa shape index (κ3) is 5.50. The summed E-state index contributed by atoms with van der Waals surface area (Å²) in [5.74, 6) is -1.77. The van der Waals surface area contributed by atoms with Crippen molar-refractivity contribution in [2.24, 2.45) is 11.8 Å². The Morgan fingerprint density at radius 1 is 1.13 bits per heavy atom. The number of aromatic nitrogens is 1. The van der Waals surface area contributed by atoms with Gasteiger partial charge in [0.15, 0.2) is 5.82 Å². The fourth-order valence-electron chi connectivity index (χ4n) is 3.14. The van der Waals surface area contributed by atoms with E-state index < -0.39 is 17.8 Å². The lowest BCUT2D eigenvalue weighted by Crippen LogP contribution is -2.34. The minimum atomic E-state index is -0.959. The minimum absolute atomic E-state index is 0.198. The monoisotopic (exact) mass is 429 g/mol. The maximum Gasteiger partial charge on any atom is 0.307 e. The summed E-state index contributed by atoms with van der Waals surface area (Å²) in [5, 5.41) is 18.2. The molecule has 0 saturated heterocycles. The molecule has 1 aromatic heterocycles. The van der Waals surface area contributed by atoms with E-state index in [1.165, 1.54) is 11.8 Å². The maximum absolute atomic E-state index is 12.5. The molecule has 1 heterocycles. The number of aryl methyl sites for hydroxylation is 1. The number of anilines is 2. The molecule has 3 rings (SSSR count). The van der Waals surface area contributed by atoms with Crippen molar-refractivity contribution in [2.45, 2.75) is 36.8 Å². The quantitative estimate of drug-likeness (QED) is 0.453. The van der Waals surface area contributed by atoms with Crippen molar-refractivity contribution in [3.8, 4) is 0 Å². The lowest BCUT2D eigenvalue weighted by atomic mass is 9.82. The standard InChI is InChI=1S/C21H23N3O5S/c1-12-11-18(24-29-12)23-19(25)13(2)30-15-9-7-14(8-10-15)22-20(26)16-5-3-4-6-17(16)21(27)28/h3-4,7-11,13,16-17H,5-6H2,1-2H3,(H,22,26)(H,27,28)(H,23,24,25). The zero-order valence-corrected chi connectivity index (χ0v) is 17.4. The Balaban J connectivity index is 1.55. The number of carbonyl (C=O) groups is 3. The van der Waals surface area contributed by atoms with E-state index in [1.807, 2.05) is 6.08 Å². The van der Waals surface area contributed by atoms with E-state index in [2.05, 4.69) is 15.8 Å². The van der Waals surface area contributed by atoms with Gasteiger partial charge in [-0.3, -0.25) is 14.4 Å². The first kappa shape index (κ1) is 21.6. The van der Waals surface area contributed by atoms with Crippen LogP contribution in [-0.2, 0) is 14.4 Å². The smallest absolute Gasteiger partial charge is 0.307 e. The summed E-state index contributed by atoms with van der Waals surface area (Å²) in [6, 6.07) is 8.73. The van der Waals surface area contributed by atoms with Crippen LogP contribution in [0.25, 0.3) is 0 Å². The van der Waals surface area contributed by atoms with E-state index in [0.717, 1.165) is 4.90 Å². The van der Waals surface area contributed by atoms with Gasteiger partial charge >= 0.3 is 5.97 Å². The van der Waals surface area contributed by atoms with Crippen LogP contribution in [0.4, 0.5) is 11.5 Å². The van der Waals surface area contributed by atoms with Gasteiger partial charge in [-0.2, -0.15) is 0 Å². The molecule has 3 N–H and O–H groups in total. The molecular weight excluding hydrogens is 406 g/mol. The molecule has 3 unspecified atom stereocenters. The van der Waals surface area contributed by atoms with Crippen LogP contribution in [0.15, 0.2) is 51.9 Å². The summed E-state index contributed by atoms with van der Waals surface area (Å²) in [6.07, 6.45) is 4.41. The number of thioether (sulfide) groups is 1. The summed E-state index contributed by atoms with van der Waals surface area (Å²) in [7, 11) is 0. The number of carbonyl (C=O) groups excluding carboxylic acids is 2.